The topological polar surface area (TPSA) is 51.2 Å². The van der Waals surface area contributed by atoms with Crippen LogP contribution in [0.5, 0.6) is 0 Å². The molecule has 0 fully saturated rings. The first-order chi connectivity index (χ1) is 6.88. The first-order valence-corrected chi connectivity index (χ1v) is 4.87. The lowest BCUT2D eigenvalue weighted by molar-refractivity contribution is 0.0635. The second-order valence-electron chi connectivity index (χ2n) is 3.96. The number of halogens is 1. The van der Waals surface area contributed by atoms with E-state index in [1.165, 1.54) is 0 Å². The highest BCUT2D eigenvalue weighted by molar-refractivity contribution is 6.33. The molecule has 1 aromatic heterocycles. The van der Waals surface area contributed by atoms with E-state index in [2.05, 4.69) is 10.3 Å². The summed E-state index contributed by atoms with van der Waals surface area (Å²) >= 11 is 5.81. The summed E-state index contributed by atoms with van der Waals surface area (Å²) in [7, 11) is 0. The molecule has 0 spiro atoms. The predicted molar refractivity (Wildman–Crippen MR) is 59.1 cm³/mol. The van der Waals surface area contributed by atoms with E-state index in [1.54, 1.807) is 39.1 Å². The van der Waals surface area contributed by atoms with Gasteiger partial charge in [-0.15, -0.1) is 0 Å². The third kappa shape index (κ3) is 4.16. The fourth-order valence-electron chi connectivity index (χ4n) is 0.878. The summed E-state index contributed by atoms with van der Waals surface area (Å²) < 4.78 is 5.05. The number of hydrogen-bond acceptors (Lipinski definition) is 3. The maximum atomic E-state index is 11.3. The van der Waals surface area contributed by atoms with Gasteiger partial charge in [0.15, 0.2) is 5.82 Å². The summed E-state index contributed by atoms with van der Waals surface area (Å²) in [6.45, 7) is 5.35. The molecule has 0 aliphatic heterocycles. The van der Waals surface area contributed by atoms with Crippen molar-refractivity contribution in [2.45, 2.75) is 26.4 Å². The SMILES string of the molecule is CC(C)(C)OC(=O)Nc1ncccc1Cl. The fraction of sp³-hybridized carbons (Fsp3) is 0.400. The number of ether oxygens (including phenoxy) is 1. The lowest BCUT2D eigenvalue weighted by Crippen LogP contribution is -2.27. The van der Waals surface area contributed by atoms with Gasteiger partial charge in [-0.3, -0.25) is 5.32 Å². The molecule has 1 heterocycles. The van der Waals surface area contributed by atoms with Crippen LogP contribution in [0.4, 0.5) is 10.6 Å². The fourth-order valence-corrected chi connectivity index (χ4v) is 1.05. The predicted octanol–water partition coefficient (Wildman–Crippen LogP) is 3.08. The van der Waals surface area contributed by atoms with Gasteiger partial charge in [-0.05, 0) is 32.9 Å². The third-order valence-corrected chi connectivity index (χ3v) is 1.68. The smallest absolute Gasteiger partial charge is 0.413 e. The number of carbonyl (C=O) groups excluding carboxylic acids is 1. The normalized spacial score (nSPS) is 10.9. The number of aromatic nitrogens is 1. The van der Waals surface area contributed by atoms with E-state index >= 15 is 0 Å². The van der Waals surface area contributed by atoms with Crippen molar-refractivity contribution >= 4 is 23.5 Å². The van der Waals surface area contributed by atoms with Crippen molar-refractivity contribution in [1.82, 2.24) is 4.98 Å². The summed E-state index contributed by atoms with van der Waals surface area (Å²) in [4.78, 5) is 15.3. The van der Waals surface area contributed by atoms with Crippen LogP contribution in [0.2, 0.25) is 5.02 Å². The number of nitrogens with zero attached hydrogens (tertiary/aromatic N) is 1. The van der Waals surface area contributed by atoms with Gasteiger partial charge in [-0.2, -0.15) is 0 Å². The second-order valence-corrected chi connectivity index (χ2v) is 4.37. The Morgan fingerprint density at radius 1 is 1.53 bits per heavy atom. The molecule has 1 aromatic rings. The zero-order valence-corrected chi connectivity index (χ0v) is 9.63. The summed E-state index contributed by atoms with van der Waals surface area (Å²) in [5, 5.41) is 2.84. The van der Waals surface area contributed by atoms with Crippen LogP contribution in [0, 0.1) is 0 Å². The number of nitrogens with one attached hydrogen (secondary N) is 1. The summed E-state index contributed by atoms with van der Waals surface area (Å²) in [5.41, 5.74) is -0.536. The van der Waals surface area contributed by atoms with Gasteiger partial charge in [0.2, 0.25) is 0 Å². The highest BCUT2D eigenvalue weighted by Crippen LogP contribution is 2.18. The van der Waals surface area contributed by atoms with Gasteiger partial charge < -0.3 is 4.74 Å². The average Bonchev–Trinajstić information content (AvgIpc) is 2.05. The minimum Gasteiger partial charge on any atom is -0.444 e. The van der Waals surface area contributed by atoms with Crippen LogP contribution in [-0.2, 0) is 4.74 Å². The first-order valence-electron chi connectivity index (χ1n) is 4.49. The Kier molecular flexibility index (Phi) is 3.52. The van der Waals surface area contributed by atoms with Crippen LogP contribution in [0.15, 0.2) is 18.3 Å². The van der Waals surface area contributed by atoms with Crippen LogP contribution in [0.25, 0.3) is 0 Å². The minimum atomic E-state index is -0.567. The lowest BCUT2D eigenvalue weighted by atomic mass is 10.2. The van der Waals surface area contributed by atoms with Crippen LogP contribution < -0.4 is 5.32 Å². The highest BCUT2D eigenvalue weighted by atomic mass is 35.5. The van der Waals surface area contributed by atoms with Gasteiger partial charge in [0.05, 0.1) is 5.02 Å². The standard InChI is InChI=1S/C10H13ClN2O2/c1-10(2,3)15-9(14)13-8-7(11)5-4-6-12-8/h4-6H,1-3H3,(H,12,13,14). The summed E-state index contributed by atoms with van der Waals surface area (Å²) in [6, 6.07) is 3.32. The molecule has 0 aliphatic rings. The second kappa shape index (κ2) is 4.49. The summed E-state index contributed by atoms with van der Waals surface area (Å²) in [6.07, 6.45) is 0.974. The molecule has 1 rings (SSSR count). The van der Waals surface area contributed by atoms with E-state index in [-0.39, 0.29) is 0 Å². The molecular weight excluding hydrogens is 216 g/mol. The largest absolute Gasteiger partial charge is 0.444 e. The number of amides is 1. The van der Waals surface area contributed by atoms with Crippen molar-refractivity contribution in [3.8, 4) is 0 Å². The maximum absolute atomic E-state index is 11.3. The Bertz CT molecular complexity index is 361. The van der Waals surface area contributed by atoms with Crippen molar-refractivity contribution in [3.63, 3.8) is 0 Å². The van der Waals surface area contributed by atoms with Gasteiger partial charge in [-0.25, -0.2) is 9.78 Å². The molecule has 0 unspecified atom stereocenters. The van der Waals surface area contributed by atoms with Crippen molar-refractivity contribution in [1.29, 1.82) is 0 Å². The average molecular weight is 229 g/mol. The molecule has 1 N–H and O–H groups in total. The number of pyridine rings is 1. The molecule has 0 saturated heterocycles. The van der Waals surface area contributed by atoms with Gasteiger partial charge in [0.25, 0.3) is 0 Å². The van der Waals surface area contributed by atoms with E-state index in [1.807, 2.05) is 0 Å². The molecule has 0 atom stereocenters. The van der Waals surface area contributed by atoms with E-state index < -0.39 is 11.7 Å². The zero-order valence-electron chi connectivity index (χ0n) is 8.87. The summed E-state index contributed by atoms with van der Waals surface area (Å²) in [5.74, 6) is 0.299. The molecule has 0 aromatic carbocycles. The van der Waals surface area contributed by atoms with E-state index in [4.69, 9.17) is 16.3 Å². The van der Waals surface area contributed by atoms with Crippen molar-refractivity contribution in [2.24, 2.45) is 0 Å². The van der Waals surface area contributed by atoms with Crippen molar-refractivity contribution in [2.75, 3.05) is 5.32 Å². The molecule has 0 bridgehead atoms. The molecule has 15 heavy (non-hydrogen) atoms. The van der Waals surface area contributed by atoms with E-state index in [0.29, 0.717) is 10.8 Å². The van der Waals surface area contributed by atoms with Gasteiger partial charge >= 0.3 is 6.09 Å². The van der Waals surface area contributed by atoms with E-state index in [9.17, 15) is 4.79 Å². The molecule has 1 amide bonds. The number of anilines is 1. The monoisotopic (exact) mass is 228 g/mol. The van der Waals surface area contributed by atoms with Crippen LogP contribution in [0.1, 0.15) is 20.8 Å². The van der Waals surface area contributed by atoms with Gasteiger partial charge in [-0.1, -0.05) is 11.6 Å². The minimum absolute atomic E-state index is 0.299. The Hall–Kier alpha value is -1.29. The van der Waals surface area contributed by atoms with Gasteiger partial charge in [0, 0.05) is 6.20 Å². The van der Waals surface area contributed by atoms with Crippen LogP contribution in [0.3, 0.4) is 0 Å². The maximum Gasteiger partial charge on any atom is 0.413 e. The highest BCUT2D eigenvalue weighted by Gasteiger charge is 2.17. The molecule has 82 valence electrons. The quantitative estimate of drug-likeness (QED) is 0.804. The van der Waals surface area contributed by atoms with E-state index in [0.717, 1.165) is 0 Å². The van der Waals surface area contributed by atoms with Crippen LogP contribution >= 0.6 is 11.6 Å². The number of carbonyl (C=O) groups is 1. The lowest BCUT2D eigenvalue weighted by Gasteiger charge is -2.19. The first kappa shape index (κ1) is 11.8. The Balaban J connectivity index is 2.64. The zero-order chi connectivity index (χ0) is 11.5. The molecule has 5 heteroatoms. The van der Waals surface area contributed by atoms with Gasteiger partial charge in [0.1, 0.15) is 5.60 Å². The number of rotatable bonds is 1. The Labute approximate surface area is 93.6 Å². The molecular formula is C10H13ClN2O2. The number of hydrogen-bond donors (Lipinski definition) is 1. The molecule has 4 nitrogen and oxygen atoms in total. The molecule has 0 aliphatic carbocycles. The molecule has 0 radical (unpaired) electrons. The third-order valence-electron chi connectivity index (χ3n) is 1.38. The van der Waals surface area contributed by atoms with Crippen molar-refractivity contribution < 1.29 is 9.53 Å². The van der Waals surface area contributed by atoms with Crippen molar-refractivity contribution in [3.05, 3.63) is 23.4 Å². The Morgan fingerprint density at radius 2 is 2.20 bits per heavy atom. The van der Waals surface area contributed by atoms with Crippen LogP contribution in [-0.4, -0.2) is 16.7 Å². The Morgan fingerprint density at radius 3 is 2.73 bits per heavy atom. The molecule has 0 saturated carbocycles.